The first kappa shape index (κ1) is 18.9. The van der Waals surface area contributed by atoms with Crippen molar-refractivity contribution in [2.75, 3.05) is 6.26 Å². The number of hydrogen-bond acceptors (Lipinski definition) is 3. The van der Waals surface area contributed by atoms with Gasteiger partial charge in [0.2, 0.25) is 0 Å². The highest BCUT2D eigenvalue weighted by Gasteiger charge is 2.32. The van der Waals surface area contributed by atoms with Crippen LogP contribution in [-0.4, -0.2) is 24.2 Å². The van der Waals surface area contributed by atoms with E-state index in [9.17, 15) is 13.2 Å². The minimum atomic E-state index is -3.27. The van der Waals surface area contributed by atoms with Crippen molar-refractivity contribution in [1.29, 1.82) is 0 Å². The second-order valence-corrected chi connectivity index (χ2v) is 9.96. The lowest BCUT2D eigenvalue weighted by Crippen LogP contribution is -2.25. The first-order chi connectivity index (χ1) is 14.4. The van der Waals surface area contributed by atoms with E-state index in [4.69, 9.17) is 0 Å². The van der Waals surface area contributed by atoms with E-state index in [1.807, 2.05) is 60.8 Å². The van der Waals surface area contributed by atoms with Crippen LogP contribution in [-0.2, 0) is 9.84 Å². The molecule has 0 radical (unpaired) electrons. The second kappa shape index (κ2) is 6.99. The Kier molecular flexibility index (Phi) is 4.40. The maximum Gasteiger partial charge on any atom is 0.275 e. The molecule has 152 valence electrons. The van der Waals surface area contributed by atoms with E-state index in [-0.39, 0.29) is 17.5 Å². The smallest absolute Gasteiger partial charge is 0.275 e. The third kappa shape index (κ3) is 3.37. The number of fused-ring (bicyclic) bond motifs is 3. The van der Waals surface area contributed by atoms with Gasteiger partial charge >= 0.3 is 0 Å². The van der Waals surface area contributed by atoms with Crippen LogP contribution in [0.4, 0.5) is 0 Å². The van der Waals surface area contributed by atoms with Gasteiger partial charge in [-0.3, -0.25) is 4.79 Å². The molecule has 1 fully saturated rings. The van der Waals surface area contributed by atoms with Crippen molar-refractivity contribution in [2.45, 2.75) is 18.9 Å². The standard InChI is InChI=1S/C24H22N2O3S/c1-30(28,29)14-13-21(17-11-12-17)26-15-19(16-7-3-2-4-8-16)22-18-9-5-6-10-20(18)25-23(22)24(26)27/h2-10,13-15,17,21,25H,11-12H2,1H3/b14-13+/t21-/m1/s1. The molecule has 2 aromatic carbocycles. The molecule has 1 saturated carbocycles. The zero-order valence-electron chi connectivity index (χ0n) is 16.6. The van der Waals surface area contributed by atoms with E-state index >= 15 is 0 Å². The number of nitrogens with zero attached hydrogens (tertiary/aromatic N) is 1. The zero-order chi connectivity index (χ0) is 20.9. The summed E-state index contributed by atoms with van der Waals surface area (Å²) in [6, 6.07) is 17.6. The topological polar surface area (TPSA) is 71.9 Å². The number of allylic oxidation sites excluding steroid dienone is 1. The summed E-state index contributed by atoms with van der Waals surface area (Å²) >= 11 is 0. The molecule has 0 amide bonds. The van der Waals surface area contributed by atoms with Gasteiger partial charge in [0, 0.05) is 39.7 Å². The fraction of sp³-hybridized carbons (Fsp3) is 0.208. The number of hydrogen-bond donors (Lipinski definition) is 1. The van der Waals surface area contributed by atoms with Crippen LogP contribution in [0.15, 0.2) is 77.1 Å². The molecule has 30 heavy (non-hydrogen) atoms. The lowest BCUT2D eigenvalue weighted by molar-refractivity contribution is 0.524. The largest absolute Gasteiger partial charge is 0.350 e. The lowest BCUT2D eigenvalue weighted by Gasteiger charge is -2.18. The summed E-state index contributed by atoms with van der Waals surface area (Å²) in [5, 5.41) is 3.13. The van der Waals surface area contributed by atoms with Crippen molar-refractivity contribution in [3.8, 4) is 11.1 Å². The third-order valence-corrected chi connectivity index (χ3v) is 6.38. The minimum absolute atomic E-state index is 0.129. The molecular weight excluding hydrogens is 396 g/mol. The molecule has 1 aliphatic carbocycles. The van der Waals surface area contributed by atoms with Gasteiger partial charge in [0.15, 0.2) is 9.84 Å². The predicted molar refractivity (Wildman–Crippen MR) is 121 cm³/mol. The van der Waals surface area contributed by atoms with Crippen molar-refractivity contribution in [2.24, 2.45) is 5.92 Å². The van der Waals surface area contributed by atoms with E-state index in [0.29, 0.717) is 5.52 Å². The van der Waals surface area contributed by atoms with Crippen LogP contribution in [0, 0.1) is 5.92 Å². The van der Waals surface area contributed by atoms with Crippen molar-refractivity contribution >= 4 is 31.6 Å². The molecule has 0 spiro atoms. The second-order valence-electron chi connectivity index (χ2n) is 8.03. The monoisotopic (exact) mass is 418 g/mol. The highest BCUT2D eigenvalue weighted by atomic mass is 32.2. The summed E-state index contributed by atoms with van der Waals surface area (Å²) in [7, 11) is -3.27. The molecule has 1 atom stereocenters. The first-order valence-corrected chi connectivity index (χ1v) is 12.0. The zero-order valence-corrected chi connectivity index (χ0v) is 17.4. The number of sulfone groups is 1. The van der Waals surface area contributed by atoms with Crippen LogP contribution in [0.5, 0.6) is 0 Å². The Bertz CT molecular complexity index is 1440. The normalized spacial score (nSPS) is 15.9. The minimum Gasteiger partial charge on any atom is -0.350 e. The average molecular weight is 419 g/mol. The molecule has 1 aliphatic rings. The van der Waals surface area contributed by atoms with Gasteiger partial charge in [-0.1, -0.05) is 54.6 Å². The summed E-state index contributed by atoms with van der Waals surface area (Å²) in [6.07, 6.45) is 6.70. The molecule has 6 heteroatoms. The van der Waals surface area contributed by atoms with Crippen LogP contribution in [0.2, 0.25) is 0 Å². The summed E-state index contributed by atoms with van der Waals surface area (Å²) in [4.78, 5) is 16.8. The van der Waals surface area contributed by atoms with E-state index in [1.165, 1.54) is 11.7 Å². The van der Waals surface area contributed by atoms with Gasteiger partial charge in [-0.15, -0.1) is 0 Å². The maximum atomic E-state index is 13.5. The van der Waals surface area contributed by atoms with Crippen molar-refractivity contribution in [3.63, 3.8) is 0 Å². The number of pyridine rings is 1. The van der Waals surface area contributed by atoms with Gasteiger partial charge in [0.05, 0.1) is 6.04 Å². The number of rotatable bonds is 5. The molecule has 0 aliphatic heterocycles. The van der Waals surface area contributed by atoms with Crippen LogP contribution in [0.3, 0.4) is 0 Å². The van der Waals surface area contributed by atoms with Gasteiger partial charge < -0.3 is 9.55 Å². The quantitative estimate of drug-likeness (QED) is 0.512. The van der Waals surface area contributed by atoms with Gasteiger partial charge in [0.1, 0.15) is 5.52 Å². The number of nitrogens with one attached hydrogen (secondary N) is 1. The Morgan fingerprint density at radius 1 is 1.07 bits per heavy atom. The first-order valence-electron chi connectivity index (χ1n) is 10.0. The fourth-order valence-electron chi connectivity index (χ4n) is 4.17. The van der Waals surface area contributed by atoms with E-state index < -0.39 is 9.84 Å². The summed E-state index contributed by atoms with van der Waals surface area (Å²) < 4.78 is 25.2. The molecular formula is C24H22N2O3S. The van der Waals surface area contributed by atoms with Crippen molar-refractivity contribution in [3.05, 3.63) is 82.6 Å². The van der Waals surface area contributed by atoms with Gasteiger partial charge in [-0.2, -0.15) is 0 Å². The van der Waals surface area contributed by atoms with Gasteiger partial charge in [-0.25, -0.2) is 8.42 Å². The number of para-hydroxylation sites is 1. The highest BCUT2D eigenvalue weighted by Crippen LogP contribution is 2.41. The Morgan fingerprint density at radius 2 is 1.77 bits per heavy atom. The maximum absolute atomic E-state index is 13.5. The Balaban J connectivity index is 1.84. The summed E-state index contributed by atoms with van der Waals surface area (Å²) in [5.74, 6) is 0.270. The van der Waals surface area contributed by atoms with Crippen LogP contribution in [0.1, 0.15) is 18.9 Å². The number of aromatic nitrogens is 2. The molecule has 5 nitrogen and oxygen atoms in total. The third-order valence-electron chi connectivity index (χ3n) is 5.73. The molecule has 2 aromatic heterocycles. The summed E-state index contributed by atoms with van der Waals surface area (Å²) in [6.45, 7) is 0. The highest BCUT2D eigenvalue weighted by molar-refractivity contribution is 7.93. The van der Waals surface area contributed by atoms with Gasteiger partial charge in [0.25, 0.3) is 5.56 Å². The SMILES string of the molecule is CS(=O)(=O)/C=C/[C@H](C1CC1)n1cc(-c2ccccc2)c2c([nH]c3ccccc32)c1=O. The molecule has 0 unspecified atom stereocenters. The number of H-pyrrole nitrogens is 1. The van der Waals surface area contributed by atoms with E-state index in [0.717, 1.165) is 40.3 Å². The number of benzene rings is 2. The van der Waals surface area contributed by atoms with Crippen LogP contribution >= 0.6 is 0 Å². The van der Waals surface area contributed by atoms with Crippen LogP contribution < -0.4 is 5.56 Å². The molecule has 0 bridgehead atoms. The van der Waals surface area contributed by atoms with Crippen LogP contribution in [0.25, 0.3) is 32.9 Å². The van der Waals surface area contributed by atoms with Crippen molar-refractivity contribution < 1.29 is 8.42 Å². The Morgan fingerprint density at radius 3 is 2.47 bits per heavy atom. The Labute approximate surface area is 174 Å². The molecule has 0 saturated heterocycles. The Hall–Kier alpha value is -3.12. The fourth-order valence-corrected chi connectivity index (χ4v) is 4.62. The van der Waals surface area contributed by atoms with Crippen molar-refractivity contribution in [1.82, 2.24) is 9.55 Å². The lowest BCUT2D eigenvalue weighted by atomic mass is 10.0. The molecule has 5 rings (SSSR count). The van der Waals surface area contributed by atoms with E-state index in [2.05, 4.69) is 4.98 Å². The predicted octanol–water partition coefficient (Wildman–Crippen LogP) is 4.66. The summed E-state index contributed by atoms with van der Waals surface area (Å²) in [5.41, 5.74) is 3.31. The van der Waals surface area contributed by atoms with E-state index in [1.54, 1.807) is 10.6 Å². The molecule has 2 heterocycles. The molecule has 1 N–H and O–H groups in total. The van der Waals surface area contributed by atoms with Gasteiger partial charge in [-0.05, 0) is 30.4 Å². The molecule has 4 aromatic rings. The average Bonchev–Trinajstić information content (AvgIpc) is 3.49. The number of aromatic amines is 1.